The van der Waals surface area contributed by atoms with Gasteiger partial charge >= 0.3 is 6.01 Å². The van der Waals surface area contributed by atoms with Crippen LogP contribution in [0.15, 0.2) is 66.9 Å². The molecule has 0 aliphatic rings. The Balaban J connectivity index is 2.21. The first-order valence-corrected chi connectivity index (χ1v) is 5.99. The normalized spacial score (nSPS) is 10.3. The Morgan fingerprint density at radius 3 is 1.95 bits per heavy atom. The highest BCUT2D eigenvalue weighted by atomic mass is 16.3. The molecule has 19 heavy (non-hydrogen) atoms. The molecule has 0 atom stereocenters. The Hall–Kier alpha value is -2.68. The fraction of sp³-hybridized carbons (Fsp3) is 0. The van der Waals surface area contributed by atoms with Crippen LogP contribution in [0.2, 0.25) is 0 Å². The van der Waals surface area contributed by atoms with Crippen molar-refractivity contribution in [3.05, 3.63) is 66.9 Å². The summed E-state index contributed by atoms with van der Waals surface area (Å²) in [4.78, 5) is 7.83. The number of hydrogen-bond acceptors (Lipinski definition) is 2. The van der Waals surface area contributed by atoms with Crippen LogP contribution in [0.25, 0.3) is 22.4 Å². The molecule has 0 spiro atoms. The van der Waals surface area contributed by atoms with Crippen LogP contribution in [0, 0.1) is 0 Å². The van der Waals surface area contributed by atoms with Crippen LogP contribution in [-0.4, -0.2) is 9.97 Å². The number of hydrogen-bond donors (Lipinski definition) is 0. The summed E-state index contributed by atoms with van der Waals surface area (Å²) in [5.41, 5.74) is 3.46. The predicted octanol–water partition coefficient (Wildman–Crippen LogP) is 3.95. The summed E-state index contributed by atoms with van der Waals surface area (Å²) >= 11 is 0. The van der Waals surface area contributed by atoms with Crippen molar-refractivity contribution >= 4 is 0 Å². The van der Waals surface area contributed by atoms with Gasteiger partial charge in [0, 0.05) is 17.3 Å². The second kappa shape index (κ2) is 4.90. The van der Waals surface area contributed by atoms with E-state index in [-0.39, 0.29) is 0 Å². The SMILES string of the molecule is [O]c1ncc(-c2ccccc2)c(-c2ccccc2)n1. The van der Waals surface area contributed by atoms with E-state index in [0.29, 0.717) is 5.69 Å². The zero-order valence-electron chi connectivity index (χ0n) is 10.2. The molecular formula is C16H11N2O. The molecule has 3 rings (SSSR count). The van der Waals surface area contributed by atoms with Crippen LogP contribution in [0.5, 0.6) is 6.01 Å². The van der Waals surface area contributed by atoms with E-state index >= 15 is 0 Å². The quantitative estimate of drug-likeness (QED) is 0.688. The number of benzene rings is 2. The predicted molar refractivity (Wildman–Crippen MR) is 73.0 cm³/mol. The van der Waals surface area contributed by atoms with Crippen molar-refractivity contribution in [2.45, 2.75) is 0 Å². The van der Waals surface area contributed by atoms with E-state index in [1.807, 2.05) is 60.7 Å². The minimum atomic E-state index is -0.460. The Kier molecular flexibility index (Phi) is 2.94. The van der Waals surface area contributed by atoms with E-state index in [2.05, 4.69) is 9.97 Å². The van der Waals surface area contributed by atoms with Gasteiger partial charge in [0.25, 0.3) is 0 Å². The maximum absolute atomic E-state index is 11.4. The molecule has 91 valence electrons. The lowest BCUT2D eigenvalue weighted by atomic mass is 10.0. The van der Waals surface area contributed by atoms with Crippen molar-refractivity contribution < 1.29 is 5.11 Å². The molecule has 3 aromatic rings. The molecule has 0 aliphatic heterocycles. The third-order valence-electron chi connectivity index (χ3n) is 2.90. The molecule has 3 heteroatoms. The Bertz CT molecular complexity index is 682. The van der Waals surface area contributed by atoms with Crippen molar-refractivity contribution in [3.63, 3.8) is 0 Å². The van der Waals surface area contributed by atoms with Crippen LogP contribution in [0.3, 0.4) is 0 Å². The second-order valence-corrected chi connectivity index (χ2v) is 4.15. The van der Waals surface area contributed by atoms with E-state index in [4.69, 9.17) is 0 Å². The molecule has 0 unspecified atom stereocenters. The van der Waals surface area contributed by atoms with Gasteiger partial charge in [0.2, 0.25) is 0 Å². The monoisotopic (exact) mass is 247 g/mol. The van der Waals surface area contributed by atoms with E-state index in [1.165, 1.54) is 0 Å². The zero-order chi connectivity index (χ0) is 13.1. The average molecular weight is 247 g/mol. The van der Waals surface area contributed by atoms with Gasteiger partial charge in [0.15, 0.2) is 0 Å². The summed E-state index contributed by atoms with van der Waals surface area (Å²) in [5.74, 6) is 0. The molecule has 0 bridgehead atoms. The van der Waals surface area contributed by atoms with Gasteiger partial charge in [-0.25, -0.2) is 5.11 Å². The Morgan fingerprint density at radius 1 is 0.737 bits per heavy atom. The number of rotatable bonds is 2. The average Bonchev–Trinajstić information content (AvgIpc) is 2.49. The highest BCUT2D eigenvalue weighted by molar-refractivity contribution is 5.80. The van der Waals surface area contributed by atoms with Crippen LogP contribution in [-0.2, 0) is 5.11 Å². The topological polar surface area (TPSA) is 45.7 Å². The minimum Gasteiger partial charge on any atom is -0.244 e. The third-order valence-corrected chi connectivity index (χ3v) is 2.90. The van der Waals surface area contributed by atoms with Crippen molar-refractivity contribution in [1.82, 2.24) is 9.97 Å². The third kappa shape index (κ3) is 2.31. The van der Waals surface area contributed by atoms with Crippen LogP contribution in [0.1, 0.15) is 0 Å². The van der Waals surface area contributed by atoms with Crippen molar-refractivity contribution in [2.75, 3.05) is 0 Å². The van der Waals surface area contributed by atoms with Crippen LogP contribution < -0.4 is 0 Å². The van der Waals surface area contributed by atoms with Crippen LogP contribution >= 0.6 is 0 Å². The van der Waals surface area contributed by atoms with Crippen molar-refractivity contribution in [3.8, 4) is 28.4 Å². The summed E-state index contributed by atoms with van der Waals surface area (Å²) in [6.45, 7) is 0. The van der Waals surface area contributed by atoms with E-state index in [9.17, 15) is 5.11 Å². The second-order valence-electron chi connectivity index (χ2n) is 4.15. The van der Waals surface area contributed by atoms with Gasteiger partial charge in [-0.1, -0.05) is 60.7 Å². The lowest BCUT2D eigenvalue weighted by Gasteiger charge is -2.08. The van der Waals surface area contributed by atoms with Crippen molar-refractivity contribution in [1.29, 1.82) is 0 Å². The van der Waals surface area contributed by atoms with Gasteiger partial charge in [-0.15, -0.1) is 0 Å². The smallest absolute Gasteiger partial charge is 0.244 e. The largest absolute Gasteiger partial charge is 0.367 e. The molecule has 3 nitrogen and oxygen atoms in total. The minimum absolute atomic E-state index is 0.460. The summed E-state index contributed by atoms with van der Waals surface area (Å²) in [6.07, 6.45) is 1.59. The lowest BCUT2D eigenvalue weighted by molar-refractivity contribution is 0.320. The highest BCUT2D eigenvalue weighted by Crippen LogP contribution is 2.30. The van der Waals surface area contributed by atoms with E-state index in [0.717, 1.165) is 16.7 Å². The summed E-state index contributed by atoms with van der Waals surface area (Å²) < 4.78 is 0. The fourth-order valence-corrected chi connectivity index (χ4v) is 2.01. The molecule has 0 saturated heterocycles. The van der Waals surface area contributed by atoms with Crippen LogP contribution in [0.4, 0.5) is 0 Å². The van der Waals surface area contributed by atoms with Crippen molar-refractivity contribution in [2.24, 2.45) is 0 Å². The first-order chi connectivity index (χ1) is 9.34. The van der Waals surface area contributed by atoms with Gasteiger partial charge in [0.1, 0.15) is 0 Å². The summed E-state index contributed by atoms with van der Waals surface area (Å²) in [7, 11) is 0. The molecular weight excluding hydrogens is 236 g/mol. The van der Waals surface area contributed by atoms with Gasteiger partial charge in [0.05, 0.1) is 5.69 Å². The molecule has 1 heterocycles. The fourth-order valence-electron chi connectivity index (χ4n) is 2.01. The van der Waals surface area contributed by atoms with Gasteiger partial charge < -0.3 is 0 Å². The molecule has 2 aromatic carbocycles. The summed E-state index contributed by atoms with van der Waals surface area (Å²) in [6, 6.07) is 19.0. The Morgan fingerprint density at radius 2 is 1.32 bits per heavy atom. The molecule has 1 radical (unpaired) electrons. The molecule has 0 amide bonds. The first-order valence-electron chi connectivity index (χ1n) is 5.99. The highest BCUT2D eigenvalue weighted by Gasteiger charge is 2.11. The Labute approximate surface area is 111 Å². The van der Waals surface area contributed by atoms with E-state index in [1.54, 1.807) is 6.20 Å². The van der Waals surface area contributed by atoms with Gasteiger partial charge in [-0.2, -0.15) is 9.97 Å². The van der Waals surface area contributed by atoms with Gasteiger partial charge in [-0.05, 0) is 5.56 Å². The lowest BCUT2D eigenvalue weighted by Crippen LogP contribution is -1.91. The van der Waals surface area contributed by atoms with E-state index < -0.39 is 6.01 Å². The van der Waals surface area contributed by atoms with Gasteiger partial charge in [-0.3, -0.25) is 0 Å². The molecule has 0 N–H and O–H groups in total. The summed E-state index contributed by atoms with van der Waals surface area (Å²) in [5, 5.41) is 11.4. The maximum atomic E-state index is 11.4. The molecule has 0 fully saturated rings. The molecule has 0 saturated carbocycles. The maximum Gasteiger partial charge on any atom is 0.367 e. The number of aromatic nitrogens is 2. The number of nitrogens with zero attached hydrogens (tertiary/aromatic N) is 2. The molecule has 0 aliphatic carbocycles. The zero-order valence-corrected chi connectivity index (χ0v) is 10.2. The molecule has 1 aromatic heterocycles. The standard InChI is InChI=1S/C16H11N2O/c19-16-17-11-14(12-7-3-1-4-8-12)15(18-16)13-9-5-2-6-10-13/h1-11H. The first kappa shape index (κ1) is 11.4.